The third kappa shape index (κ3) is 2.14. The Kier molecular flexibility index (Phi) is 3.05. The number of aliphatic hydroxyl groups is 1. The van der Waals surface area contributed by atoms with E-state index in [-0.39, 0.29) is 11.8 Å². The number of aromatic nitrogens is 2. The monoisotopic (exact) mass is 265 g/mol. The quantitative estimate of drug-likeness (QED) is 0.852. The minimum atomic E-state index is -0.510. The first-order valence-corrected chi connectivity index (χ1v) is 6.92. The van der Waals surface area contributed by atoms with Crippen LogP contribution in [0, 0.1) is 12.8 Å². The van der Waals surface area contributed by atoms with Gasteiger partial charge < -0.3 is 14.9 Å². The normalized spacial score (nSPS) is 28.9. The third-order valence-electron chi connectivity index (χ3n) is 4.34. The maximum Gasteiger partial charge on any atom is 0.226 e. The van der Waals surface area contributed by atoms with E-state index in [1.165, 1.54) is 0 Å². The average molecular weight is 265 g/mol. The summed E-state index contributed by atoms with van der Waals surface area (Å²) in [7, 11) is 0. The second kappa shape index (κ2) is 4.59. The Labute approximate surface area is 111 Å². The van der Waals surface area contributed by atoms with Crippen LogP contribution in [0.2, 0.25) is 0 Å². The van der Waals surface area contributed by atoms with Gasteiger partial charge in [-0.05, 0) is 38.5 Å². The zero-order valence-electron chi connectivity index (χ0n) is 11.1. The highest BCUT2D eigenvalue weighted by atomic mass is 16.5. The van der Waals surface area contributed by atoms with E-state index >= 15 is 0 Å². The maximum atomic E-state index is 12.3. The number of hydrogen-bond acceptors (Lipinski definition) is 5. The fraction of sp³-hybridized carbons (Fsp3) is 0.769. The molecule has 0 spiro atoms. The van der Waals surface area contributed by atoms with Crippen LogP contribution < -0.4 is 5.32 Å². The lowest BCUT2D eigenvalue weighted by molar-refractivity contribution is -0.131. The number of hydrogen-bond donors (Lipinski definition) is 2. The first-order chi connectivity index (χ1) is 9.11. The van der Waals surface area contributed by atoms with E-state index in [4.69, 9.17) is 4.52 Å². The van der Waals surface area contributed by atoms with Crippen LogP contribution in [0.15, 0.2) is 4.52 Å². The zero-order valence-corrected chi connectivity index (χ0v) is 11.1. The molecule has 104 valence electrons. The molecule has 2 saturated carbocycles. The summed E-state index contributed by atoms with van der Waals surface area (Å²) in [5, 5.41) is 16.8. The average Bonchev–Trinajstić information content (AvgIpc) is 2.92. The van der Waals surface area contributed by atoms with Crippen molar-refractivity contribution in [1.82, 2.24) is 15.5 Å². The molecule has 1 heterocycles. The minimum Gasteiger partial charge on any atom is -0.392 e. The smallest absolute Gasteiger partial charge is 0.226 e. The van der Waals surface area contributed by atoms with E-state index in [9.17, 15) is 9.90 Å². The van der Waals surface area contributed by atoms with Gasteiger partial charge in [0.15, 0.2) is 5.82 Å². The Hall–Kier alpha value is -1.43. The molecular weight excluding hydrogens is 246 g/mol. The molecule has 0 aliphatic heterocycles. The molecule has 2 aliphatic rings. The highest BCUT2D eigenvalue weighted by Crippen LogP contribution is 2.40. The molecular formula is C13H19N3O3. The van der Waals surface area contributed by atoms with Gasteiger partial charge in [0.1, 0.15) is 5.54 Å². The molecule has 0 aromatic carbocycles. The highest BCUT2D eigenvalue weighted by molar-refractivity contribution is 5.80. The number of carbonyl (C=O) groups excluding carboxylic acids is 1. The standard InChI is InChI=1S/C13H19N3O3/c1-8-14-12(16-19-8)13(6-3-7-13)15-11(18)9-4-2-5-10(9)17/h9-10,17H,2-7H2,1H3,(H,15,18)/t9-,10+/m1/s1. The van der Waals surface area contributed by atoms with Crippen molar-refractivity contribution < 1.29 is 14.4 Å². The van der Waals surface area contributed by atoms with Crippen molar-refractivity contribution in [3.63, 3.8) is 0 Å². The minimum absolute atomic E-state index is 0.0767. The van der Waals surface area contributed by atoms with Gasteiger partial charge in [-0.1, -0.05) is 5.16 Å². The fourth-order valence-corrected chi connectivity index (χ4v) is 3.00. The molecule has 6 heteroatoms. The van der Waals surface area contributed by atoms with Crippen molar-refractivity contribution in [2.75, 3.05) is 0 Å². The van der Waals surface area contributed by atoms with Crippen molar-refractivity contribution in [2.24, 2.45) is 5.92 Å². The number of carbonyl (C=O) groups is 1. The van der Waals surface area contributed by atoms with Gasteiger partial charge in [0.2, 0.25) is 11.8 Å². The Morgan fingerprint density at radius 2 is 2.21 bits per heavy atom. The van der Waals surface area contributed by atoms with Gasteiger partial charge in [0, 0.05) is 6.92 Å². The van der Waals surface area contributed by atoms with Crippen molar-refractivity contribution >= 4 is 5.91 Å². The van der Waals surface area contributed by atoms with Crippen LogP contribution in [0.4, 0.5) is 0 Å². The molecule has 2 atom stereocenters. The van der Waals surface area contributed by atoms with Gasteiger partial charge in [0.25, 0.3) is 0 Å². The second-order valence-electron chi connectivity index (χ2n) is 5.67. The molecule has 0 saturated heterocycles. The Morgan fingerprint density at radius 1 is 1.42 bits per heavy atom. The molecule has 1 amide bonds. The molecule has 6 nitrogen and oxygen atoms in total. The molecule has 1 aromatic heterocycles. The SMILES string of the molecule is Cc1nc(C2(NC(=O)[C@@H]3CCC[C@@H]3O)CCC2)no1. The largest absolute Gasteiger partial charge is 0.392 e. The maximum absolute atomic E-state index is 12.3. The third-order valence-corrected chi connectivity index (χ3v) is 4.34. The summed E-state index contributed by atoms with van der Waals surface area (Å²) in [5.74, 6) is 0.714. The Balaban J connectivity index is 1.75. The predicted octanol–water partition coefficient (Wildman–Crippen LogP) is 1.03. The number of amides is 1. The number of rotatable bonds is 3. The molecule has 19 heavy (non-hydrogen) atoms. The van der Waals surface area contributed by atoms with E-state index in [0.717, 1.165) is 32.1 Å². The van der Waals surface area contributed by atoms with Crippen LogP contribution in [0.1, 0.15) is 50.2 Å². The van der Waals surface area contributed by atoms with Crippen LogP contribution in [-0.2, 0) is 10.3 Å². The summed E-state index contributed by atoms with van der Waals surface area (Å²) < 4.78 is 5.01. The summed E-state index contributed by atoms with van der Waals surface area (Å²) in [6.07, 6.45) is 4.58. The van der Waals surface area contributed by atoms with E-state index in [2.05, 4.69) is 15.5 Å². The van der Waals surface area contributed by atoms with Crippen LogP contribution in [-0.4, -0.2) is 27.3 Å². The molecule has 3 rings (SSSR count). The first-order valence-electron chi connectivity index (χ1n) is 6.92. The van der Waals surface area contributed by atoms with Gasteiger partial charge >= 0.3 is 0 Å². The molecule has 0 bridgehead atoms. The summed E-state index contributed by atoms with van der Waals surface area (Å²) in [4.78, 5) is 16.5. The van der Waals surface area contributed by atoms with Gasteiger partial charge in [0.05, 0.1) is 12.0 Å². The van der Waals surface area contributed by atoms with Crippen molar-refractivity contribution in [2.45, 2.75) is 57.1 Å². The lowest BCUT2D eigenvalue weighted by atomic mass is 9.75. The lowest BCUT2D eigenvalue weighted by Gasteiger charge is -2.40. The number of nitrogens with zero attached hydrogens (tertiary/aromatic N) is 2. The van der Waals surface area contributed by atoms with Crippen molar-refractivity contribution in [3.8, 4) is 0 Å². The Morgan fingerprint density at radius 3 is 2.68 bits per heavy atom. The molecule has 2 aliphatic carbocycles. The number of nitrogens with one attached hydrogen (secondary N) is 1. The van der Waals surface area contributed by atoms with Crippen LogP contribution in [0.5, 0.6) is 0 Å². The summed E-state index contributed by atoms with van der Waals surface area (Å²) in [6, 6.07) is 0. The first kappa shape index (κ1) is 12.6. The zero-order chi connectivity index (χ0) is 13.5. The van der Waals surface area contributed by atoms with E-state index in [1.807, 2.05) is 0 Å². The van der Waals surface area contributed by atoms with Crippen LogP contribution in [0.3, 0.4) is 0 Å². The predicted molar refractivity (Wildman–Crippen MR) is 66.1 cm³/mol. The van der Waals surface area contributed by atoms with E-state index in [0.29, 0.717) is 18.1 Å². The molecule has 0 radical (unpaired) electrons. The topological polar surface area (TPSA) is 88.2 Å². The molecule has 1 aromatic rings. The van der Waals surface area contributed by atoms with Crippen LogP contribution >= 0.6 is 0 Å². The molecule has 0 unspecified atom stereocenters. The van der Waals surface area contributed by atoms with E-state index < -0.39 is 11.6 Å². The number of aryl methyl sites for hydroxylation is 1. The van der Waals surface area contributed by atoms with Gasteiger partial charge in [-0.2, -0.15) is 4.98 Å². The van der Waals surface area contributed by atoms with E-state index in [1.54, 1.807) is 6.92 Å². The summed E-state index contributed by atoms with van der Waals surface area (Å²) in [5.41, 5.74) is -0.475. The molecule has 2 fully saturated rings. The van der Waals surface area contributed by atoms with Crippen molar-refractivity contribution in [1.29, 1.82) is 0 Å². The second-order valence-corrected chi connectivity index (χ2v) is 5.67. The van der Waals surface area contributed by atoms with Gasteiger partial charge in [-0.25, -0.2) is 0 Å². The summed E-state index contributed by atoms with van der Waals surface area (Å²) >= 11 is 0. The Bertz CT molecular complexity index is 481. The lowest BCUT2D eigenvalue weighted by Crippen LogP contribution is -2.53. The van der Waals surface area contributed by atoms with Crippen LogP contribution in [0.25, 0.3) is 0 Å². The summed E-state index contributed by atoms with van der Waals surface area (Å²) in [6.45, 7) is 1.74. The highest BCUT2D eigenvalue weighted by Gasteiger charge is 2.46. The fourth-order valence-electron chi connectivity index (χ4n) is 3.00. The van der Waals surface area contributed by atoms with Crippen molar-refractivity contribution in [3.05, 3.63) is 11.7 Å². The van der Waals surface area contributed by atoms with Gasteiger partial charge in [-0.15, -0.1) is 0 Å². The van der Waals surface area contributed by atoms with Gasteiger partial charge in [-0.3, -0.25) is 4.79 Å². The number of aliphatic hydroxyl groups excluding tert-OH is 1. The molecule has 2 N–H and O–H groups in total.